The largest absolute Gasteiger partial charge is 0.361 e. The lowest BCUT2D eigenvalue weighted by molar-refractivity contribution is 0.219. The molecule has 0 aliphatic rings. The predicted molar refractivity (Wildman–Crippen MR) is 77.6 cm³/mol. The van der Waals surface area contributed by atoms with Crippen LogP contribution in [0.1, 0.15) is 22.6 Å². The van der Waals surface area contributed by atoms with Crippen LogP contribution in [-0.2, 0) is 6.54 Å². The van der Waals surface area contributed by atoms with Crippen LogP contribution in [0.2, 0.25) is 0 Å². The molecule has 0 bridgehead atoms. The van der Waals surface area contributed by atoms with Gasteiger partial charge in [0.05, 0.1) is 6.54 Å². The predicted octanol–water partition coefficient (Wildman–Crippen LogP) is 3.26. The van der Waals surface area contributed by atoms with E-state index < -0.39 is 0 Å². The van der Waals surface area contributed by atoms with Crippen LogP contribution in [0.5, 0.6) is 0 Å². The summed E-state index contributed by atoms with van der Waals surface area (Å²) in [4.78, 5) is 13.7. The second kappa shape index (κ2) is 5.77. The number of urea groups is 1. The molecule has 0 spiro atoms. The van der Waals surface area contributed by atoms with Crippen molar-refractivity contribution in [2.75, 3.05) is 12.4 Å². The van der Waals surface area contributed by atoms with E-state index in [-0.39, 0.29) is 6.03 Å². The molecule has 106 valence electrons. The van der Waals surface area contributed by atoms with Crippen molar-refractivity contribution in [1.29, 1.82) is 0 Å². The molecule has 0 unspecified atom stereocenters. The number of amides is 2. The van der Waals surface area contributed by atoms with Crippen molar-refractivity contribution in [3.63, 3.8) is 0 Å². The maximum Gasteiger partial charge on any atom is 0.321 e. The highest BCUT2D eigenvalue weighted by Crippen LogP contribution is 2.16. The first-order chi connectivity index (χ1) is 9.45. The third-order valence-corrected chi connectivity index (χ3v) is 3.05. The lowest BCUT2D eigenvalue weighted by Gasteiger charge is -2.17. The van der Waals surface area contributed by atoms with Gasteiger partial charge in [-0.25, -0.2) is 4.79 Å². The van der Waals surface area contributed by atoms with Crippen LogP contribution in [0.15, 0.2) is 28.8 Å². The first-order valence-corrected chi connectivity index (χ1v) is 6.47. The summed E-state index contributed by atoms with van der Waals surface area (Å²) in [6.07, 6.45) is 0. The third-order valence-electron chi connectivity index (χ3n) is 3.05. The zero-order valence-corrected chi connectivity index (χ0v) is 12.2. The van der Waals surface area contributed by atoms with Gasteiger partial charge in [0.25, 0.3) is 0 Å². The molecule has 1 aromatic carbocycles. The van der Waals surface area contributed by atoms with Crippen LogP contribution in [-0.4, -0.2) is 23.1 Å². The van der Waals surface area contributed by atoms with E-state index in [4.69, 9.17) is 4.52 Å². The van der Waals surface area contributed by atoms with Gasteiger partial charge in [-0.1, -0.05) is 22.9 Å². The van der Waals surface area contributed by atoms with Gasteiger partial charge in [-0.2, -0.15) is 0 Å². The zero-order chi connectivity index (χ0) is 14.7. The van der Waals surface area contributed by atoms with Gasteiger partial charge in [0.1, 0.15) is 11.5 Å². The molecule has 2 amide bonds. The first-order valence-electron chi connectivity index (χ1n) is 6.47. The first kappa shape index (κ1) is 14.1. The molecule has 2 aromatic rings. The number of rotatable bonds is 3. The monoisotopic (exact) mass is 273 g/mol. The summed E-state index contributed by atoms with van der Waals surface area (Å²) in [7, 11) is 1.73. The van der Waals surface area contributed by atoms with Gasteiger partial charge >= 0.3 is 6.03 Å². The molecule has 0 aliphatic carbocycles. The fraction of sp³-hybridized carbons (Fsp3) is 0.333. The SMILES string of the molecule is Cc1ccc(NC(=O)N(C)Cc2cc(C)on2)c(C)c1. The number of hydrogen-bond donors (Lipinski definition) is 1. The van der Waals surface area contributed by atoms with Crippen molar-refractivity contribution < 1.29 is 9.32 Å². The van der Waals surface area contributed by atoms with Gasteiger partial charge in [0.2, 0.25) is 0 Å². The molecule has 1 aromatic heterocycles. The lowest BCUT2D eigenvalue weighted by Crippen LogP contribution is -2.31. The average molecular weight is 273 g/mol. The summed E-state index contributed by atoms with van der Waals surface area (Å²) in [5.74, 6) is 0.739. The minimum Gasteiger partial charge on any atom is -0.361 e. The molecule has 0 atom stereocenters. The number of carbonyl (C=O) groups excluding carboxylic acids is 1. The number of nitrogens with zero attached hydrogens (tertiary/aromatic N) is 2. The van der Waals surface area contributed by atoms with Crippen molar-refractivity contribution in [3.05, 3.63) is 46.8 Å². The second-order valence-corrected chi connectivity index (χ2v) is 5.03. The molecule has 0 radical (unpaired) electrons. The van der Waals surface area contributed by atoms with Gasteiger partial charge < -0.3 is 14.7 Å². The van der Waals surface area contributed by atoms with E-state index in [1.54, 1.807) is 11.9 Å². The summed E-state index contributed by atoms with van der Waals surface area (Å²) in [6, 6.07) is 7.58. The van der Waals surface area contributed by atoms with Crippen molar-refractivity contribution in [2.24, 2.45) is 0 Å². The topological polar surface area (TPSA) is 58.4 Å². The fourth-order valence-electron chi connectivity index (χ4n) is 1.97. The maximum atomic E-state index is 12.1. The Labute approximate surface area is 118 Å². The standard InChI is InChI=1S/C15H19N3O2/c1-10-5-6-14(11(2)7-10)16-15(19)18(4)9-13-8-12(3)20-17-13/h5-8H,9H2,1-4H3,(H,16,19). The molecule has 0 saturated heterocycles. The van der Waals surface area contributed by atoms with Crippen LogP contribution >= 0.6 is 0 Å². The molecule has 5 heteroatoms. The zero-order valence-electron chi connectivity index (χ0n) is 12.2. The van der Waals surface area contributed by atoms with Gasteiger partial charge in [0.15, 0.2) is 0 Å². The molecule has 0 fully saturated rings. The normalized spacial score (nSPS) is 10.4. The maximum absolute atomic E-state index is 12.1. The highest BCUT2D eigenvalue weighted by atomic mass is 16.5. The Morgan fingerprint density at radius 1 is 1.30 bits per heavy atom. The molecule has 2 rings (SSSR count). The van der Waals surface area contributed by atoms with Crippen molar-refractivity contribution in [1.82, 2.24) is 10.1 Å². The smallest absolute Gasteiger partial charge is 0.321 e. The number of aromatic nitrogens is 1. The van der Waals surface area contributed by atoms with Gasteiger partial charge in [-0.15, -0.1) is 0 Å². The van der Waals surface area contributed by atoms with Crippen LogP contribution in [0, 0.1) is 20.8 Å². The number of hydrogen-bond acceptors (Lipinski definition) is 3. The highest BCUT2D eigenvalue weighted by molar-refractivity contribution is 5.89. The van der Waals surface area contributed by atoms with E-state index in [0.29, 0.717) is 6.54 Å². The Balaban J connectivity index is 2.00. The number of benzene rings is 1. The molecule has 0 saturated carbocycles. The highest BCUT2D eigenvalue weighted by Gasteiger charge is 2.12. The van der Waals surface area contributed by atoms with E-state index >= 15 is 0 Å². The van der Waals surface area contributed by atoms with Crippen LogP contribution in [0.25, 0.3) is 0 Å². The Bertz CT molecular complexity index is 619. The summed E-state index contributed by atoms with van der Waals surface area (Å²) in [6.45, 7) is 6.24. The van der Waals surface area contributed by atoms with Crippen molar-refractivity contribution in [3.8, 4) is 0 Å². The summed E-state index contributed by atoms with van der Waals surface area (Å²) in [5.41, 5.74) is 3.78. The second-order valence-electron chi connectivity index (χ2n) is 5.03. The lowest BCUT2D eigenvalue weighted by atomic mass is 10.1. The van der Waals surface area contributed by atoms with Crippen LogP contribution < -0.4 is 5.32 Å². The van der Waals surface area contributed by atoms with Crippen molar-refractivity contribution >= 4 is 11.7 Å². The molecule has 1 N–H and O–H groups in total. The molecular formula is C15H19N3O2. The van der Waals surface area contributed by atoms with Gasteiger partial charge in [0, 0.05) is 18.8 Å². The summed E-state index contributed by atoms with van der Waals surface area (Å²) >= 11 is 0. The van der Waals surface area contributed by atoms with Gasteiger partial charge in [-0.05, 0) is 32.4 Å². The third kappa shape index (κ3) is 3.38. The van der Waals surface area contributed by atoms with Crippen LogP contribution in [0.4, 0.5) is 10.5 Å². The molecule has 1 heterocycles. The van der Waals surface area contributed by atoms with E-state index in [2.05, 4.69) is 10.5 Å². The number of aryl methyl sites for hydroxylation is 3. The van der Waals surface area contributed by atoms with E-state index in [1.165, 1.54) is 5.56 Å². The molecule has 0 aliphatic heterocycles. The minimum absolute atomic E-state index is 0.169. The Morgan fingerprint density at radius 2 is 2.05 bits per heavy atom. The molecule has 20 heavy (non-hydrogen) atoms. The Hall–Kier alpha value is -2.30. The Kier molecular flexibility index (Phi) is 4.08. The number of carbonyl (C=O) groups is 1. The summed E-state index contributed by atoms with van der Waals surface area (Å²) < 4.78 is 4.99. The van der Waals surface area contributed by atoms with Crippen LogP contribution in [0.3, 0.4) is 0 Å². The van der Waals surface area contributed by atoms with Gasteiger partial charge in [-0.3, -0.25) is 0 Å². The van der Waals surface area contributed by atoms with E-state index in [9.17, 15) is 4.79 Å². The average Bonchev–Trinajstić information content (AvgIpc) is 2.78. The fourth-order valence-corrected chi connectivity index (χ4v) is 1.97. The number of anilines is 1. The minimum atomic E-state index is -0.169. The Morgan fingerprint density at radius 3 is 2.65 bits per heavy atom. The summed E-state index contributed by atoms with van der Waals surface area (Å²) in [5, 5.41) is 6.77. The van der Waals surface area contributed by atoms with Crippen molar-refractivity contribution in [2.45, 2.75) is 27.3 Å². The van der Waals surface area contributed by atoms with E-state index in [1.807, 2.05) is 45.0 Å². The molecular weight excluding hydrogens is 254 g/mol. The molecule has 5 nitrogen and oxygen atoms in total. The quantitative estimate of drug-likeness (QED) is 0.933. The number of nitrogens with one attached hydrogen (secondary N) is 1. The van der Waals surface area contributed by atoms with E-state index in [0.717, 1.165) is 22.7 Å².